The van der Waals surface area contributed by atoms with E-state index in [4.69, 9.17) is 0 Å². The van der Waals surface area contributed by atoms with Gasteiger partial charge in [-0.05, 0) is 44.0 Å². The Morgan fingerprint density at radius 1 is 0.697 bits per heavy atom. The second-order valence-electron chi connectivity index (χ2n) is 8.32. The molecule has 0 aliphatic rings. The molecule has 0 radical (unpaired) electrons. The van der Waals surface area contributed by atoms with E-state index in [1.54, 1.807) is 16.4 Å². The first kappa shape index (κ1) is 23.9. The van der Waals surface area contributed by atoms with Crippen LogP contribution in [-0.2, 0) is 14.1 Å². The summed E-state index contributed by atoms with van der Waals surface area (Å²) >= 11 is 0. The molecular formula is C26H33N5O2. The minimum atomic E-state index is -0.0197. The molecule has 33 heavy (non-hydrogen) atoms. The smallest absolute Gasteiger partial charge is 0.295 e. The van der Waals surface area contributed by atoms with E-state index < -0.39 is 0 Å². The van der Waals surface area contributed by atoms with Crippen molar-refractivity contribution in [2.45, 2.75) is 33.6 Å². The van der Waals surface area contributed by atoms with Crippen LogP contribution in [-0.4, -0.2) is 25.8 Å². The molecule has 2 heterocycles. The number of anilines is 1. The molecule has 2 aromatic carbocycles. The first-order chi connectivity index (χ1) is 15.7. The molecule has 174 valence electrons. The second kappa shape index (κ2) is 9.81. The zero-order valence-electron chi connectivity index (χ0n) is 20.5. The molecule has 0 aliphatic heterocycles. The summed E-state index contributed by atoms with van der Waals surface area (Å²) in [6.07, 6.45) is 0. The lowest BCUT2D eigenvalue weighted by atomic mass is 10.0. The maximum atomic E-state index is 12.4. The molecule has 0 saturated heterocycles. The van der Waals surface area contributed by atoms with Gasteiger partial charge in [-0.15, -0.1) is 0 Å². The normalized spacial score (nSPS) is 10.8. The zero-order valence-corrected chi connectivity index (χ0v) is 20.5. The predicted octanol–water partition coefficient (Wildman–Crippen LogP) is 4.13. The van der Waals surface area contributed by atoms with E-state index in [0.717, 1.165) is 28.3 Å². The average Bonchev–Trinajstić information content (AvgIpc) is 3.16. The van der Waals surface area contributed by atoms with E-state index in [1.165, 1.54) is 0 Å². The third-order valence-electron chi connectivity index (χ3n) is 5.98. The van der Waals surface area contributed by atoms with Gasteiger partial charge in [0.25, 0.3) is 11.1 Å². The van der Waals surface area contributed by atoms with Crippen molar-refractivity contribution in [1.82, 2.24) is 18.7 Å². The first-order valence-corrected chi connectivity index (χ1v) is 11.1. The number of hydrogen-bond donors (Lipinski definition) is 1. The minimum Gasteiger partial charge on any atom is -0.382 e. The number of nitrogens with one attached hydrogen (secondary N) is 1. The fourth-order valence-corrected chi connectivity index (χ4v) is 4.11. The average molecular weight is 448 g/mol. The summed E-state index contributed by atoms with van der Waals surface area (Å²) in [5, 5.41) is 2.94. The van der Waals surface area contributed by atoms with Crippen LogP contribution in [0.3, 0.4) is 0 Å². The van der Waals surface area contributed by atoms with Crippen molar-refractivity contribution in [1.29, 1.82) is 0 Å². The monoisotopic (exact) mass is 447 g/mol. The maximum absolute atomic E-state index is 12.4. The van der Waals surface area contributed by atoms with Crippen LogP contribution in [0.25, 0.3) is 11.4 Å². The molecule has 0 aliphatic carbocycles. The van der Waals surface area contributed by atoms with Crippen molar-refractivity contribution in [2.24, 2.45) is 14.1 Å². The maximum Gasteiger partial charge on any atom is 0.295 e. The molecule has 7 heteroatoms. The Labute approximate surface area is 194 Å². The highest BCUT2D eigenvalue weighted by atomic mass is 16.1. The summed E-state index contributed by atoms with van der Waals surface area (Å²) in [5.74, 6) is 0.249. The lowest BCUT2D eigenvalue weighted by Gasteiger charge is -2.07. The van der Waals surface area contributed by atoms with E-state index >= 15 is 0 Å². The summed E-state index contributed by atoms with van der Waals surface area (Å²) in [6.45, 7) is 8.03. The highest BCUT2D eigenvalue weighted by molar-refractivity contribution is 5.48. The number of benzene rings is 2. The van der Waals surface area contributed by atoms with Crippen molar-refractivity contribution in [3.05, 3.63) is 98.3 Å². The Hall–Kier alpha value is -3.74. The minimum absolute atomic E-state index is 0.0197. The predicted molar refractivity (Wildman–Crippen MR) is 135 cm³/mol. The Morgan fingerprint density at radius 3 is 1.48 bits per heavy atom. The number of para-hydroxylation sites is 2. The fraction of sp³-hybridized carbons (Fsp3) is 0.308. The van der Waals surface area contributed by atoms with Crippen LogP contribution in [0.5, 0.6) is 0 Å². The third kappa shape index (κ3) is 4.44. The van der Waals surface area contributed by atoms with Gasteiger partial charge in [0.1, 0.15) is 5.69 Å². The molecule has 0 amide bonds. The molecule has 0 fully saturated rings. The molecule has 4 rings (SSSR count). The lowest BCUT2D eigenvalue weighted by Crippen LogP contribution is -2.21. The van der Waals surface area contributed by atoms with Gasteiger partial charge in [0.2, 0.25) is 0 Å². The molecule has 7 nitrogen and oxygen atoms in total. The van der Waals surface area contributed by atoms with Crippen LogP contribution < -0.4 is 16.4 Å². The highest BCUT2D eigenvalue weighted by Crippen LogP contribution is 2.17. The second-order valence-corrected chi connectivity index (χ2v) is 8.32. The molecule has 0 saturated carbocycles. The summed E-state index contributed by atoms with van der Waals surface area (Å²) < 4.78 is 7.16. The number of nitrogens with zero attached hydrogens (tertiary/aromatic N) is 4. The van der Waals surface area contributed by atoms with E-state index in [1.807, 2.05) is 98.0 Å². The van der Waals surface area contributed by atoms with Crippen LogP contribution in [0.1, 0.15) is 36.7 Å². The molecule has 0 atom stereocenters. The Balaban J connectivity index is 0.000000186. The molecule has 4 aromatic rings. The molecule has 0 spiro atoms. The lowest BCUT2D eigenvalue weighted by molar-refractivity contribution is 0.630. The number of rotatable bonds is 4. The zero-order chi connectivity index (χ0) is 24.3. The highest BCUT2D eigenvalue weighted by Gasteiger charge is 2.18. The fourth-order valence-electron chi connectivity index (χ4n) is 4.11. The van der Waals surface area contributed by atoms with E-state index in [-0.39, 0.29) is 17.0 Å². The third-order valence-corrected chi connectivity index (χ3v) is 5.98. The SMILES string of the molecule is CNc1c(C)n(C)n(-c2ccccc2)c1=O.Cc1c(C(C)C)c(=O)n(-c2ccccc2)n1C. The molecule has 2 aromatic heterocycles. The van der Waals surface area contributed by atoms with Crippen LogP contribution in [0, 0.1) is 13.8 Å². The number of aromatic nitrogens is 4. The topological polar surface area (TPSA) is 65.9 Å². The summed E-state index contributed by atoms with van der Waals surface area (Å²) in [5.41, 5.74) is 5.36. The molecule has 0 bridgehead atoms. The van der Waals surface area contributed by atoms with Gasteiger partial charge in [-0.2, -0.15) is 0 Å². The van der Waals surface area contributed by atoms with Gasteiger partial charge in [-0.25, -0.2) is 9.36 Å². The summed E-state index contributed by atoms with van der Waals surface area (Å²) in [6, 6.07) is 19.3. The van der Waals surface area contributed by atoms with Gasteiger partial charge in [-0.3, -0.25) is 19.0 Å². The summed E-state index contributed by atoms with van der Waals surface area (Å²) in [7, 11) is 5.57. The van der Waals surface area contributed by atoms with Gasteiger partial charge in [0.05, 0.1) is 17.1 Å². The Bertz CT molecular complexity index is 1340. The summed E-state index contributed by atoms with van der Waals surface area (Å²) in [4.78, 5) is 24.5. The Kier molecular flexibility index (Phi) is 7.11. The van der Waals surface area contributed by atoms with Crippen molar-refractivity contribution >= 4 is 5.69 Å². The van der Waals surface area contributed by atoms with E-state index in [9.17, 15) is 9.59 Å². The number of hydrogen-bond acceptors (Lipinski definition) is 3. The molecular weight excluding hydrogens is 414 g/mol. The van der Waals surface area contributed by atoms with Crippen molar-refractivity contribution in [3.8, 4) is 11.4 Å². The van der Waals surface area contributed by atoms with Crippen LogP contribution in [0.15, 0.2) is 70.3 Å². The van der Waals surface area contributed by atoms with Crippen molar-refractivity contribution in [2.75, 3.05) is 12.4 Å². The quantitative estimate of drug-likeness (QED) is 0.511. The Morgan fingerprint density at radius 2 is 1.12 bits per heavy atom. The van der Waals surface area contributed by atoms with Gasteiger partial charge in [0, 0.05) is 32.4 Å². The van der Waals surface area contributed by atoms with Gasteiger partial charge < -0.3 is 5.32 Å². The van der Waals surface area contributed by atoms with E-state index in [0.29, 0.717) is 5.69 Å². The van der Waals surface area contributed by atoms with Gasteiger partial charge in [0.15, 0.2) is 0 Å². The van der Waals surface area contributed by atoms with Crippen molar-refractivity contribution < 1.29 is 0 Å². The standard InChI is InChI=1S/C14H18N2O.C12H15N3O/c1-10(2)13-11(3)15(4)16(14(13)17)12-8-6-5-7-9-12;1-9-11(13-2)12(16)15(14(9)3)10-7-5-4-6-8-10/h5-10H,1-4H3;4-8,13H,1-3H3. The van der Waals surface area contributed by atoms with Crippen molar-refractivity contribution in [3.63, 3.8) is 0 Å². The first-order valence-electron chi connectivity index (χ1n) is 11.1. The van der Waals surface area contributed by atoms with Crippen LogP contribution in [0.4, 0.5) is 5.69 Å². The van der Waals surface area contributed by atoms with Gasteiger partial charge in [-0.1, -0.05) is 50.2 Å². The van der Waals surface area contributed by atoms with E-state index in [2.05, 4.69) is 19.2 Å². The largest absolute Gasteiger partial charge is 0.382 e. The van der Waals surface area contributed by atoms with Crippen LogP contribution >= 0.6 is 0 Å². The molecule has 1 N–H and O–H groups in total. The van der Waals surface area contributed by atoms with Crippen LogP contribution in [0.2, 0.25) is 0 Å². The van der Waals surface area contributed by atoms with Gasteiger partial charge >= 0.3 is 0 Å². The molecule has 0 unspecified atom stereocenters.